The maximum Gasteiger partial charge on any atom is 0.255 e. The number of rotatable bonds is 4. The third-order valence-electron chi connectivity index (χ3n) is 5.79. The molecule has 154 valence electrons. The Balaban J connectivity index is 1.36. The molecule has 3 aromatic rings. The van der Waals surface area contributed by atoms with Crippen molar-refractivity contribution in [2.75, 3.05) is 13.1 Å². The summed E-state index contributed by atoms with van der Waals surface area (Å²) >= 11 is 6.01. The largest absolute Gasteiger partial charge is 0.305 e. The Morgan fingerprint density at radius 3 is 2.80 bits per heavy atom. The fourth-order valence-corrected chi connectivity index (χ4v) is 4.31. The van der Waals surface area contributed by atoms with E-state index < -0.39 is 0 Å². The van der Waals surface area contributed by atoms with Gasteiger partial charge in [0.1, 0.15) is 0 Å². The summed E-state index contributed by atoms with van der Waals surface area (Å²) in [5, 5.41) is 8.03. The van der Waals surface area contributed by atoms with Crippen LogP contribution in [0.2, 0.25) is 5.02 Å². The molecule has 0 saturated heterocycles. The van der Waals surface area contributed by atoms with E-state index in [1.807, 2.05) is 30.5 Å². The summed E-state index contributed by atoms with van der Waals surface area (Å²) in [6.07, 6.45) is 5.72. The maximum absolute atomic E-state index is 12.8. The average molecular weight is 423 g/mol. The predicted molar refractivity (Wildman–Crippen MR) is 117 cm³/mol. The molecule has 2 aromatic heterocycles. The summed E-state index contributed by atoms with van der Waals surface area (Å²) in [6, 6.07) is 7.71. The van der Waals surface area contributed by atoms with E-state index in [1.54, 1.807) is 0 Å². The standard InChI is InChI=1S/C22H23ClN6O/c23-16-6-4-14(5-7-16)20-15(11-25-28-20)12-29-10-8-18-17(13-29)22(30)27-21(26-18)19-3-1-2-9-24-19/h4-7,11H,1-3,8-10,12-13H2,(H,25,28)(H,26,27,30). The second-order valence-corrected chi connectivity index (χ2v) is 8.30. The lowest BCUT2D eigenvalue weighted by molar-refractivity contribution is 0.242. The first kappa shape index (κ1) is 19.2. The average Bonchev–Trinajstić information content (AvgIpc) is 3.23. The van der Waals surface area contributed by atoms with Gasteiger partial charge in [0.25, 0.3) is 5.56 Å². The number of hydrogen-bond acceptors (Lipinski definition) is 5. The van der Waals surface area contributed by atoms with Crippen LogP contribution in [0.15, 0.2) is 40.2 Å². The molecule has 8 heteroatoms. The van der Waals surface area contributed by atoms with Gasteiger partial charge in [-0.05, 0) is 37.0 Å². The van der Waals surface area contributed by atoms with Crippen molar-refractivity contribution in [1.82, 2.24) is 25.1 Å². The molecule has 0 bridgehead atoms. The number of benzene rings is 1. The van der Waals surface area contributed by atoms with Crippen LogP contribution in [0.4, 0.5) is 0 Å². The first-order valence-corrected chi connectivity index (χ1v) is 10.7. The monoisotopic (exact) mass is 422 g/mol. The van der Waals surface area contributed by atoms with Crippen molar-refractivity contribution in [3.05, 3.63) is 68.5 Å². The molecule has 0 atom stereocenters. The molecule has 7 nitrogen and oxygen atoms in total. The minimum atomic E-state index is -0.0434. The van der Waals surface area contributed by atoms with Crippen LogP contribution in [0.1, 0.15) is 41.9 Å². The molecule has 2 aliphatic heterocycles. The molecule has 0 saturated carbocycles. The van der Waals surface area contributed by atoms with E-state index in [0.717, 1.165) is 72.6 Å². The number of H-pyrrole nitrogens is 2. The van der Waals surface area contributed by atoms with Crippen LogP contribution in [0.25, 0.3) is 11.3 Å². The lowest BCUT2D eigenvalue weighted by Crippen LogP contribution is -2.36. The van der Waals surface area contributed by atoms with Crippen molar-refractivity contribution in [2.24, 2.45) is 4.99 Å². The molecule has 0 unspecified atom stereocenters. The van der Waals surface area contributed by atoms with Crippen molar-refractivity contribution < 1.29 is 0 Å². The highest BCUT2D eigenvalue weighted by Crippen LogP contribution is 2.25. The fraction of sp³-hybridized carbons (Fsp3) is 0.364. The summed E-state index contributed by atoms with van der Waals surface area (Å²) < 4.78 is 0. The van der Waals surface area contributed by atoms with Crippen LogP contribution in [0.3, 0.4) is 0 Å². The van der Waals surface area contributed by atoms with Gasteiger partial charge in [-0.25, -0.2) is 4.98 Å². The van der Waals surface area contributed by atoms with Crippen molar-refractivity contribution in [1.29, 1.82) is 0 Å². The number of aliphatic imine (C=N–C) groups is 1. The van der Waals surface area contributed by atoms with Gasteiger partial charge in [-0.2, -0.15) is 5.10 Å². The van der Waals surface area contributed by atoms with Crippen molar-refractivity contribution in [3.63, 3.8) is 0 Å². The van der Waals surface area contributed by atoms with Crippen LogP contribution in [-0.4, -0.2) is 43.9 Å². The highest BCUT2D eigenvalue weighted by atomic mass is 35.5. The molecule has 0 spiro atoms. The Morgan fingerprint density at radius 2 is 2.00 bits per heavy atom. The lowest BCUT2D eigenvalue weighted by atomic mass is 10.0. The van der Waals surface area contributed by atoms with Crippen LogP contribution in [0.5, 0.6) is 0 Å². The number of fused-ring (bicyclic) bond motifs is 1. The van der Waals surface area contributed by atoms with Gasteiger partial charge < -0.3 is 4.98 Å². The molecule has 0 amide bonds. The third-order valence-corrected chi connectivity index (χ3v) is 6.04. The normalized spacial score (nSPS) is 16.9. The molecule has 0 aliphatic carbocycles. The minimum Gasteiger partial charge on any atom is -0.305 e. The number of aromatic nitrogens is 4. The van der Waals surface area contributed by atoms with E-state index in [1.165, 1.54) is 0 Å². The molecule has 0 fully saturated rings. The van der Waals surface area contributed by atoms with Gasteiger partial charge in [0.15, 0.2) is 5.82 Å². The van der Waals surface area contributed by atoms with Gasteiger partial charge in [-0.1, -0.05) is 23.7 Å². The zero-order valence-corrected chi connectivity index (χ0v) is 17.4. The minimum absolute atomic E-state index is 0.0434. The Labute approximate surface area is 179 Å². The van der Waals surface area contributed by atoms with Crippen molar-refractivity contribution in [3.8, 4) is 11.3 Å². The molecular formula is C22H23ClN6O. The summed E-state index contributed by atoms with van der Waals surface area (Å²) in [5.41, 5.74) is 5.68. The molecule has 0 radical (unpaired) electrons. The summed E-state index contributed by atoms with van der Waals surface area (Å²) in [4.78, 5) is 27.3. The van der Waals surface area contributed by atoms with Crippen LogP contribution in [-0.2, 0) is 19.5 Å². The fourth-order valence-electron chi connectivity index (χ4n) is 4.18. The highest BCUT2D eigenvalue weighted by molar-refractivity contribution is 6.30. The van der Waals surface area contributed by atoms with Crippen LogP contribution < -0.4 is 5.56 Å². The summed E-state index contributed by atoms with van der Waals surface area (Å²) in [5.74, 6) is 0.659. The molecule has 5 rings (SSSR count). The van der Waals surface area contributed by atoms with E-state index in [4.69, 9.17) is 16.6 Å². The van der Waals surface area contributed by atoms with E-state index in [0.29, 0.717) is 23.9 Å². The van der Waals surface area contributed by atoms with Crippen molar-refractivity contribution in [2.45, 2.75) is 38.8 Å². The zero-order valence-electron chi connectivity index (χ0n) is 16.6. The second kappa shape index (κ2) is 8.16. The summed E-state index contributed by atoms with van der Waals surface area (Å²) in [6.45, 7) is 2.96. The molecule has 2 aliphatic rings. The maximum atomic E-state index is 12.8. The number of nitrogens with one attached hydrogen (secondary N) is 2. The molecule has 2 N–H and O–H groups in total. The number of halogens is 1. The first-order valence-electron chi connectivity index (χ1n) is 10.3. The van der Waals surface area contributed by atoms with Gasteiger partial charge in [0, 0.05) is 43.2 Å². The van der Waals surface area contributed by atoms with E-state index in [9.17, 15) is 4.79 Å². The first-order chi connectivity index (χ1) is 14.7. The predicted octanol–water partition coefficient (Wildman–Crippen LogP) is 3.34. The number of nitrogens with zero attached hydrogens (tertiary/aromatic N) is 4. The number of hydrogen-bond donors (Lipinski definition) is 2. The molecule has 30 heavy (non-hydrogen) atoms. The molecular weight excluding hydrogens is 400 g/mol. The Bertz CT molecular complexity index is 1150. The van der Waals surface area contributed by atoms with Gasteiger partial charge >= 0.3 is 0 Å². The van der Waals surface area contributed by atoms with Gasteiger partial charge in [0.2, 0.25) is 0 Å². The smallest absolute Gasteiger partial charge is 0.255 e. The summed E-state index contributed by atoms with van der Waals surface area (Å²) in [7, 11) is 0. The van der Waals surface area contributed by atoms with E-state index >= 15 is 0 Å². The topological polar surface area (TPSA) is 90.0 Å². The van der Waals surface area contributed by atoms with Gasteiger partial charge in [0.05, 0.1) is 28.9 Å². The van der Waals surface area contributed by atoms with Crippen LogP contribution in [0, 0.1) is 0 Å². The highest BCUT2D eigenvalue weighted by Gasteiger charge is 2.23. The van der Waals surface area contributed by atoms with E-state index in [-0.39, 0.29) is 5.56 Å². The second-order valence-electron chi connectivity index (χ2n) is 7.86. The Hall–Kier alpha value is -2.77. The number of aromatic amines is 2. The van der Waals surface area contributed by atoms with Crippen LogP contribution >= 0.6 is 11.6 Å². The quantitative estimate of drug-likeness (QED) is 0.674. The van der Waals surface area contributed by atoms with Crippen molar-refractivity contribution >= 4 is 17.3 Å². The zero-order chi connectivity index (χ0) is 20.5. The third kappa shape index (κ3) is 3.82. The Morgan fingerprint density at radius 1 is 1.13 bits per heavy atom. The lowest BCUT2D eigenvalue weighted by Gasteiger charge is -2.27. The SMILES string of the molecule is O=c1[nH]c(C2=NCCCC2)nc2c1CN(Cc1cn[nH]c1-c1ccc(Cl)cc1)CC2. The van der Waals surface area contributed by atoms with Gasteiger partial charge in [-0.3, -0.25) is 19.8 Å². The molecule has 4 heterocycles. The Kier molecular flexibility index (Phi) is 5.23. The van der Waals surface area contributed by atoms with Gasteiger partial charge in [-0.15, -0.1) is 0 Å². The molecule has 1 aromatic carbocycles. The van der Waals surface area contributed by atoms with E-state index in [2.05, 4.69) is 25.1 Å².